The second-order valence-corrected chi connectivity index (χ2v) is 4.24. The molecule has 0 radical (unpaired) electrons. The Hall–Kier alpha value is -1.46. The normalized spacial score (nSPS) is 32.3. The Kier molecular flexibility index (Phi) is 3.39. The van der Waals surface area contributed by atoms with Crippen LogP contribution in [0.3, 0.4) is 0 Å². The number of carbonyl (C=O) groups is 1. The first kappa shape index (κ1) is 11.6. The van der Waals surface area contributed by atoms with Gasteiger partial charge in [-0.15, -0.1) is 0 Å². The molecule has 6 heteroatoms. The zero-order chi connectivity index (χ0) is 11.5. The molecule has 15 heavy (non-hydrogen) atoms. The van der Waals surface area contributed by atoms with Crippen molar-refractivity contribution in [2.45, 2.75) is 38.1 Å². The molecule has 0 heterocycles. The summed E-state index contributed by atoms with van der Waals surface area (Å²) in [5.74, 6) is 0.632. The van der Waals surface area contributed by atoms with Crippen LogP contribution in [-0.2, 0) is 0 Å². The SMILES string of the molecule is CC1CCC(NC(N)=O)(/C(N)=N/O)CC1. The molecule has 0 aromatic heterocycles. The van der Waals surface area contributed by atoms with Crippen LogP contribution in [-0.4, -0.2) is 22.6 Å². The van der Waals surface area contributed by atoms with E-state index < -0.39 is 11.6 Å². The van der Waals surface area contributed by atoms with Gasteiger partial charge in [-0.2, -0.15) is 0 Å². The highest BCUT2D eigenvalue weighted by molar-refractivity contribution is 5.93. The fourth-order valence-electron chi connectivity index (χ4n) is 2.03. The number of amidine groups is 1. The van der Waals surface area contributed by atoms with E-state index in [-0.39, 0.29) is 5.84 Å². The van der Waals surface area contributed by atoms with E-state index in [1.807, 2.05) is 0 Å². The van der Waals surface area contributed by atoms with E-state index in [4.69, 9.17) is 16.7 Å². The Morgan fingerprint density at radius 3 is 2.40 bits per heavy atom. The number of urea groups is 1. The van der Waals surface area contributed by atoms with Gasteiger partial charge in [-0.25, -0.2) is 4.79 Å². The molecule has 0 bridgehead atoms. The van der Waals surface area contributed by atoms with E-state index in [1.54, 1.807) is 0 Å². The Bertz CT molecular complexity index is 269. The molecule has 0 unspecified atom stereocenters. The smallest absolute Gasteiger partial charge is 0.312 e. The van der Waals surface area contributed by atoms with Gasteiger partial charge >= 0.3 is 6.03 Å². The zero-order valence-corrected chi connectivity index (χ0v) is 8.86. The van der Waals surface area contributed by atoms with Crippen LogP contribution < -0.4 is 16.8 Å². The Morgan fingerprint density at radius 2 is 2.00 bits per heavy atom. The number of oxime groups is 1. The van der Waals surface area contributed by atoms with Gasteiger partial charge in [0.25, 0.3) is 0 Å². The minimum Gasteiger partial charge on any atom is -0.409 e. The number of rotatable bonds is 2. The first-order chi connectivity index (χ1) is 7.00. The molecule has 6 N–H and O–H groups in total. The minimum absolute atomic E-state index is 0.0354. The monoisotopic (exact) mass is 214 g/mol. The van der Waals surface area contributed by atoms with E-state index >= 15 is 0 Å². The molecule has 2 amide bonds. The van der Waals surface area contributed by atoms with Crippen molar-refractivity contribution in [2.24, 2.45) is 22.5 Å². The number of nitrogens with one attached hydrogen (secondary N) is 1. The van der Waals surface area contributed by atoms with Gasteiger partial charge in [-0.3, -0.25) is 0 Å². The fourth-order valence-corrected chi connectivity index (χ4v) is 2.03. The predicted octanol–water partition coefficient (Wildman–Crippen LogP) is 0.350. The maximum atomic E-state index is 10.9. The molecule has 1 aliphatic carbocycles. The van der Waals surface area contributed by atoms with Crippen molar-refractivity contribution in [1.29, 1.82) is 0 Å². The number of hydrogen-bond acceptors (Lipinski definition) is 3. The molecular weight excluding hydrogens is 196 g/mol. The molecule has 0 atom stereocenters. The lowest BCUT2D eigenvalue weighted by Gasteiger charge is -2.38. The maximum Gasteiger partial charge on any atom is 0.312 e. The van der Waals surface area contributed by atoms with Crippen LogP contribution in [0.5, 0.6) is 0 Å². The van der Waals surface area contributed by atoms with Crippen LogP contribution >= 0.6 is 0 Å². The molecular formula is C9H18N4O2. The summed E-state index contributed by atoms with van der Waals surface area (Å²) in [6, 6.07) is -0.642. The molecule has 1 aliphatic rings. The molecule has 6 nitrogen and oxygen atoms in total. The predicted molar refractivity (Wildman–Crippen MR) is 56.5 cm³/mol. The summed E-state index contributed by atoms with van der Waals surface area (Å²) >= 11 is 0. The molecule has 0 aliphatic heterocycles. The second-order valence-electron chi connectivity index (χ2n) is 4.24. The van der Waals surface area contributed by atoms with Crippen LogP contribution in [0.2, 0.25) is 0 Å². The lowest BCUT2D eigenvalue weighted by molar-refractivity contribution is 0.219. The summed E-state index contributed by atoms with van der Waals surface area (Å²) in [7, 11) is 0. The summed E-state index contributed by atoms with van der Waals surface area (Å²) in [5.41, 5.74) is 9.94. The standard InChI is InChI=1S/C9H18N4O2/c1-6-2-4-9(5-3-6,7(10)13-15)12-8(11)14/h6,15H,2-5H2,1H3,(H2,10,13)(H3,11,12,14). The topological polar surface area (TPSA) is 114 Å². The summed E-state index contributed by atoms with van der Waals surface area (Å²) in [6.45, 7) is 2.14. The molecule has 0 spiro atoms. The molecule has 0 aromatic carbocycles. The van der Waals surface area contributed by atoms with Gasteiger partial charge in [0.05, 0.1) is 0 Å². The summed E-state index contributed by atoms with van der Waals surface area (Å²) in [5, 5.41) is 14.3. The summed E-state index contributed by atoms with van der Waals surface area (Å²) in [6.07, 6.45) is 3.17. The molecule has 0 saturated heterocycles. The largest absolute Gasteiger partial charge is 0.409 e. The van der Waals surface area contributed by atoms with Gasteiger partial charge in [0.2, 0.25) is 0 Å². The molecule has 1 saturated carbocycles. The fraction of sp³-hybridized carbons (Fsp3) is 0.778. The van der Waals surface area contributed by atoms with Crippen molar-refractivity contribution in [3.05, 3.63) is 0 Å². The molecule has 1 fully saturated rings. The lowest BCUT2D eigenvalue weighted by Crippen LogP contribution is -2.60. The summed E-state index contributed by atoms with van der Waals surface area (Å²) in [4.78, 5) is 10.9. The van der Waals surface area contributed by atoms with Crippen LogP contribution in [0, 0.1) is 5.92 Å². The first-order valence-electron chi connectivity index (χ1n) is 5.06. The highest BCUT2D eigenvalue weighted by Crippen LogP contribution is 2.31. The van der Waals surface area contributed by atoms with Gasteiger partial charge in [0, 0.05) is 0 Å². The number of hydrogen-bond donors (Lipinski definition) is 4. The zero-order valence-electron chi connectivity index (χ0n) is 8.86. The van der Waals surface area contributed by atoms with E-state index in [2.05, 4.69) is 17.4 Å². The van der Waals surface area contributed by atoms with Crippen molar-refractivity contribution < 1.29 is 10.0 Å². The third-order valence-corrected chi connectivity index (χ3v) is 3.09. The van der Waals surface area contributed by atoms with E-state index in [1.165, 1.54) is 0 Å². The number of nitrogens with zero attached hydrogens (tertiary/aromatic N) is 1. The first-order valence-corrected chi connectivity index (χ1v) is 5.06. The van der Waals surface area contributed by atoms with Crippen molar-refractivity contribution in [3.63, 3.8) is 0 Å². The van der Waals surface area contributed by atoms with Crippen molar-refractivity contribution in [1.82, 2.24) is 5.32 Å². The third-order valence-electron chi connectivity index (χ3n) is 3.09. The van der Waals surface area contributed by atoms with Gasteiger partial charge < -0.3 is 22.0 Å². The van der Waals surface area contributed by atoms with Crippen LogP contribution in [0.4, 0.5) is 4.79 Å². The quantitative estimate of drug-likeness (QED) is 0.230. The molecule has 1 rings (SSSR count). The average molecular weight is 214 g/mol. The minimum atomic E-state index is -0.757. The van der Waals surface area contributed by atoms with Crippen LogP contribution in [0.15, 0.2) is 5.16 Å². The Labute approximate surface area is 88.7 Å². The third kappa shape index (κ3) is 2.51. The molecule has 86 valence electrons. The average Bonchev–Trinajstić information content (AvgIpc) is 2.20. The molecule has 0 aromatic rings. The maximum absolute atomic E-state index is 10.9. The van der Waals surface area contributed by atoms with Gasteiger partial charge in [0.1, 0.15) is 5.54 Å². The summed E-state index contributed by atoms with van der Waals surface area (Å²) < 4.78 is 0. The van der Waals surface area contributed by atoms with Crippen molar-refractivity contribution in [3.8, 4) is 0 Å². The highest BCUT2D eigenvalue weighted by atomic mass is 16.4. The van der Waals surface area contributed by atoms with Crippen LogP contribution in [0.25, 0.3) is 0 Å². The van der Waals surface area contributed by atoms with Gasteiger partial charge in [-0.05, 0) is 31.6 Å². The van der Waals surface area contributed by atoms with Crippen molar-refractivity contribution in [2.75, 3.05) is 0 Å². The van der Waals surface area contributed by atoms with E-state index in [0.717, 1.165) is 12.8 Å². The van der Waals surface area contributed by atoms with Gasteiger partial charge in [0.15, 0.2) is 5.84 Å². The number of primary amides is 1. The number of amides is 2. The Morgan fingerprint density at radius 1 is 1.47 bits per heavy atom. The van der Waals surface area contributed by atoms with E-state index in [0.29, 0.717) is 18.8 Å². The highest BCUT2D eigenvalue weighted by Gasteiger charge is 2.39. The second kappa shape index (κ2) is 4.37. The number of nitrogens with two attached hydrogens (primary N) is 2. The lowest BCUT2D eigenvalue weighted by atomic mass is 9.76. The number of carbonyl (C=O) groups excluding carboxylic acids is 1. The van der Waals surface area contributed by atoms with Gasteiger partial charge in [-0.1, -0.05) is 12.1 Å². The Balaban J connectivity index is 2.82. The van der Waals surface area contributed by atoms with Crippen LogP contribution in [0.1, 0.15) is 32.6 Å². The van der Waals surface area contributed by atoms with E-state index in [9.17, 15) is 4.79 Å². The van der Waals surface area contributed by atoms with Crippen molar-refractivity contribution >= 4 is 11.9 Å².